The van der Waals surface area contributed by atoms with Gasteiger partial charge in [-0.3, -0.25) is 4.90 Å². The highest BCUT2D eigenvalue weighted by molar-refractivity contribution is 7.19. The zero-order valence-electron chi connectivity index (χ0n) is 14.6. The fourth-order valence-corrected chi connectivity index (χ4v) is 5.20. The average Bonchev–Trinajstić information content (AvgIpc) is 3.34. The Morgan fingerprint density at radius 2 is 2.12 bits per heavy atom. The molecule has 1 aliphatic heterocycles. The second kappa shape index (κ2) is 6.16. The molecule has 130 valence electrons. The van der Waals surface area contributed by atoms with Gasteiger partial charge in [-0.2, -0.15) is 0 Å². The predicted octanol–water partition coefficient (Wildman–Crippen LogP) is 5.37. The number of nitrogens with zero attached hydrogens (tertiary/aromatic N) is 3. The molecule has 1 aromatic carbocycles. The van der Waals surface area contributed by atoms with Gasteiger partial charge in [0, 0.05) is 34.7 Å². The van der Waals surface area contributed by atoms with E-state index in [2.05, 4.69) is 64.5 Å². The molecule has 0 unspecified atom stereocenters. The van der Waals surface area contributed by atoms with Crippen LogP contribution in [-0.4, -0.2) is 34.5 Å². The molecule has 0 saturated carbocycles. The first-order chi connectivity index (χ1) is 12.7. The number of nitrogens with one attached hydrogen (secondary N) is 1. The Morgan fingerprint density at radius 3 is 2.96 bits per heavy atom. The summed E-state index contributed by atoms with van der Waals surface area (Å²) < 4.78 is 1.21. The molecule has 1 atom stereocenters. The summed E-state index contributed by atoms with van der Waals surface area (Å²) in [6.07, 6.45) is 4.21. The summed E-state index contributed by atoms with van der Waals surface area (Å²) in [7, 11) is 2.17. The SMILES string of the molecule is C[C@H]1C(c2cc3c(Nc4ccc5scnc5c4)ccnc3s2)=CCN1C. The number of fused-ring (bicyclic) bond motifs is 2. The van der Waals surface area contributed by atoms with Gasteiger partial charge in [0.05, 0.1) is 21.4 Å². The van der Waals surface area contributed by atoms with Crippen molar-refractivity contribution in [3.8, 4) is 0 Å². The van der Waals surface area contributed by atoms with Crippen molar-refractivity contribution < 1.29 is 0 Å². The first-order valence-electron chi connectivity index (χ1n) is 8.58. The van der Waals surface area contributed by atoms with E-state index in [0.717, 1.165) is 28.3 Å². The lowest BCUT2D eigenvalue weighted by molar-refractivity contribution is 0.358. The molecule has 4 heterocycles. The smallest absolute Gasteiger partial charge is 0.125 e. The van der Waals surface area contributed by atoms with Gasteiger partial charge in [-0.25, -0.2) is 9.97 Å². The van der Waals surface area contributed by atoms with Crippen molar-refractivity contribution >= 4 is 60.1 Å². The van der Waals surface area contributed by atoms with E-state index in [1.165, 1.54) is 20.5 Å². The lowest BCUT2D eigenvalue weighted by atomic mass is 10.1. The largest absolute Gasteiger partial charge is 0.355 e. The fourth-order valence-electron chi connectivity index (χ4n) is 3.40. The zero-order valence-corrected chi connectivity index (χ0v) is 16.2. The number of hydrogen-bond acceptors (Lipinski definition) is 6. The maximum absolute atomic E-state index is 4.59. The molecular formula is C20H18N4S2. The monoisotopic (exact) mass is 378 g/mol. The molecule has 0 amide bonds. The van der Waals surface area contributed by atoms with E-state index in [1.54, 1.807) is 22.7 Å². The van der Waals surface area contributed by atoms with Gasteiger partial charge in [0.25, 0.3) is 0 Å². The molecule has 0 aliphatic carbocycles. The highest BCUT2D eigenvalue weighted by Gasteiger charge is 2.23. The summed E-state index contributed by atoms with van der Waals surface area (Å²) in [6.45, 7) is 3.27. The van der Waals surface area contributed by atoms with Crippen molar-refractivity contribution in [3.05, 3.63) is 53.0 Å². The summed E-state index contributed by atoms with van der Waals surface area (Å²) in [4.78, 5) is 13.7. The molecule has 0 fully saturated rings. The van der Waals surface area contributed by atoms with Crippen LogP contribution in [0.3, 0.4) is 0 Å². The minimum Gasteiger partial charge on any atom is -0.355 e. The third-order valence-corrected chi connectivity index (χ3v) is 6.94. The van der Waals surface area contributed by atoms with E-state index in [0.29, 0.717) is 6.04 Å². The fraction of sp³-hybridized carbons (Fsp3) is 0.200. The first-order valence-corrected chi connectivity index (χ1v) is 10.3. The van der Waals surface area contributed by atoms with Gasteiger partial charge in [-0.05, 0) is 49.9 Å². The molecule has 0 spiro atoms. The van der Waals surface area contributed by atoms with Crippen molar-refractivity contribution in [2.75, 3.05) is 18.9 Å². The molecule has 0 bridgehead atoms. The highest BCUT2D eigenvalue weighted by Crippen LogP contribution is 2.38. The molecule has 26 heavy (non-hydrogen) atoms. The zero-order chi connectivity index (χ0) is 17.7. The molecule has 3 aromatic heterocycles. The Labute approximate surface area is 159 Å². The third-order valence-electron chi connectivity index (χ3n) is 5.04. The van der Waals surface area contributed by atoms with Crippen molar-refractivity contribution in [2.24, 2.45) is 0 Å². The Kier molecular flexibility index (Phi) is 3.77. The van der Waals surface area contributed by atoms with Gasteiger partial charge < -0.3 is 5.32 Å². The van der Waals surface area contributed by atoms with Crippen LogP contribution in [0, 0.1) is 0 Å². The highest BCUT2D eigenvalue weighted by atomic mass is 32.1. The van der Waals surface area contributed by atoms with Crippen molar-refractivity contribution in [2.45, 2.75) is 13.0 Å². The Morgan fingerprint density at radius 1 is 1.19 bits per heavy atom. The topological polar surface area (TPSA) is 41.1 Å². The first kappa shape index (κ1) is 15.9. The van der Waals surface area contributed by atoms with Crippen molar-refractivity contribution in [1.82, 2.24) is 14.9 Å². The van der Waals surface area contributed by atoms with Crippen LogP contribution in [0.5, 0.6) is 0 Å². The molecule has 0 radical (unpaired) electrons. The molecule has 1 aliphatic rings. The van der Waals surface area contributed by atoms with Gasteiger partial charge >= 0.3 is 0 Å². The summed E-state index contributed by atoms with van der Waals surface area (Å²) in [5.74, 6) is 0. The molecular weight excluding hydrogens is 360 g/mol. The summed E-state index contributed by atoms with van der Waals surface area (Å²) in [6, 6.07) is 11.1. The number of anilines is 2. The van der Waals surface area contributed by atoms with E-state index in [-0.39, 0.29) is 0 Å². The summed E-state index contributed by atoms with van der Waals surface area (Å²) in [5.41, 5.74) is 6.47. The molecule has 5 rings (SSSR count). The van der Waals surface area contributed by atoms with Crippen LogP contribution in [-0.2, 0) is 0 Å². The second-order valence-electron chi connectivity index (χ2n) is 6.62. The van der Waals surface area contributed by atoms with Crippen molar-refractivity contribution in [1.29, 1.82) is 0 Å². The Hall–Kier alpha value is -2.28. The van der Waals surface area contributed by atoms with E-state index in [9.17, 15) is 0 Å². The normalized spacial score (nSPS) is 17.9. The summed E-state index contributed by atoms with van der Waals surface area (Å²) >= 11 is 3.44. The molecule has 0 saturated heterocycles. The van der Waals surface area contributed by atoms with Crippen LogP contribution < -0.4 is 5.32 Å². The molecule has 4 aromatic rings. The van der Waals surface area contributed by atoms with Crippen LogP contribution >= 0.6 is 22.7 Å². The number of pyridine rings is 1. The summed E-state index contributed by atoms with van der Waals surface area (Å²) in [5, 5.41) is 4.73. The molecule has 4 nitrogen and oxygen atoms in total. The maximum atomic E-state index is 4.59. The second-order valence-corrected chi connectivity index (χ2v) is 8.54. The van der Waals surface area contributed by atoms with Crippen LogP contribution in [0.25, 0.3) is 26.0 Å². The number of thiazole rings is 1. The van der Waals surface area contributed by atoms with Crippen LogP contribution in [0.2, 0.25) is 0 Å². The number of hydrogen-bond donors (Lipinski definition) is 1. The van der Waals surface area contributed by atoms with Gasteiger partial charge in [-0.15, -0.1) is 22.7 Å². The average molecular weight is 379 g/mol. The number of rotatable bonds is 3. The van der Waals surface area contributed by atoms with E-state index in [1.807, 2.05) is 17.8 Å². The number of thiophene rings is 1. The number of aromatic nitrogens is 2. The van der Waals surface area contributed by atoms with Gasteiger partial charge in [0.2, 0.25) is 0 Å². The minimum absolute atomic E-state index is 0.451. The number of benzene rings is 1. The molecule has 1 N–H and O–H groups in total. The number of likely N-dealkylation sites (N-methyl/N-ethyl adjacent to an activating group) is 1. The van der Waals surface area contributed by atoms with Gasteiger partial charge in [-0.1, -0.05) is 6.08 Å². The minimum atomic E-state index is 0.451. The standard InChI is InChI=1S/C20H18N4S2/c1-12-14(6-8-24(12)2)19-10-15-16(5-7-21-20(15)26-19)23-13-3-4-18-17(9-13)22-11-25-18/h3-7,9-12H,8H2,1-2H3,(H,21,23)/t12-/m0/s1. The van der Waals surface area contributed by atoms with Gasteiger partial charge in [0.1, 0.15) is 4.83 Å². The van der Waals surface area contributed by atoms with E-state index < -0.39 is 0 Å². The van der Waals surface area contributed by atoms with E-state index >= 15 is 0 Å². The van der Waals surface area contributed by atoms with Gasteiger partial charge in [0.15, 0.2) is 0 Å². The Bertz CT molecular complexity index is 1140. The predicted molar refractivity (Wildman–Crippen MR) is 113 cm³/mol. The van der Waals surface area contributed by atoms with Crippen LogP contribution in [0.15, 0.2) is 48.1 Å². The van der Waals surface area contributed by atoms with Crippen LogP contribution in [0.4, 0.5) is 11.4 Å². The van der Waals surface area contributed by atoms with Crippen LogP contribution in [0.1, 0.15) is 11.8 Å². The lowest BCUT2D eigenvalue weighted by Crippen LogP contribution is -2.23. The quantitative estimate of drug-likeness (QED) is 0.520. The lowest BCUT2D eigenvalue weighted by Gasteiger charge is -2.17. The maximum Gasteiger partial charge on any atom is 0.125 e. The van der Waals surface area contributed by atoms with Crippen molar-refractivity contribution in [3.63, 3.8) is 0 Å². The Balaban J connectivity index is 1.53. The molecule has 6 heteroatoms. The van der Waals surface area contributed by atoms with E-state index in [4.69, 9.17) is 0 Å². The third kappa shape index (κ3) is 2.61.